The number of para-hydroxylation sites is 1. The molecule has 1 aliphatic heterocycles. The van der Waals surface area contributed by atoms with E-state index in [-0.39, 0.29) is 37.9 Å². The Balaban J connectivity index is 1.81. The van der Waals surface area contributed by atoms with E-state index in [0.717, 1.165) is 43.4 Å². The smallest absolute Gasteiger partial charge is 0.405 e. The number of nitrogens with one attached hydrogen (secondary N) is 2. The Labute approximate surface area is 241 Å². The summed E-state index contributed by atoms with van der Waals surface area (Å²) >= 11 is 0. The number of aliphatic hydroxyl groups is 1. The molecule has 12 nitrogen and oxygen atoms in total. The molecule has 3 amide bonds. The first-order chi connectivity index (χ1) is 19.7. The topological polar surface area (TPSA) is 164 Å². The van der Waals surface area contributed by atoms with Gasteiger partial charge < -0.3 is 39.5 Å². The molecule has 1 aromatic carbocycles. The van der Waals surface area contributed by atoms with Crippen LogP contribution in [0.2, 0.25) is 0 Å². The van der Waals surface area contributed by atoms with E-state index < -0.39 is 37.5 Å². The van der Waals surface area contributed by atoms with Crippen molar-refractivity contribution in [3.63, 3.8) is 0 Å². The first-order valence-electron chi connectivity index (χ1n) is 14.5. The summed E-state index contributed by atoms with van der Waals surface area (Å²) < 4.78 is 29.8. The van der Waals surface area contributed by atoms with Crippen molar-refractivity contribution >= 4 is 31.2 Å². The normalized spacial score (nSPS) is 18.5. The summed E-state index contributed by atoms with van der Waals surface area (Å²) in [6.45, 7) is 4.24. The monoisotopic (exact) mass is 597 g/mol. The number of nitrogens with zero attached hydrogens (tertiary/aromatic N) is 1. The van der Waals surface area contributed by atoms with E-state index in [1.807, 2.05) is 24.3 Å². The Hall–Kier alpha value is -2.50. The number of carboxylic acid groups (broad SMARTS) is 1. The van der Waals surface area contributed by atoms with E-state index in [2.05, 4.69) is 10.6 Å². The Morgan fingerprint density at radius 2 is 1.78 bits per heavy atom. The van der Waals surface area contributed by atoms with Crippen molar-refractivity contribution in [1.82, 2.24) is 10.6 Å². The molecule has 3 atom stereocenters. The fourth-order valence-corrected chi connectivity index (χ4v) is 7.28. The molecule has 0 radical (unpaired) electrons. The van der Waals surface area contributed by atoms with Gasteiger partial charge in [0.1, 0.15) is 6.04 Å². The van der Waals surface area contributed by atoms with Gasteiger partial charge in [-0.3, -0.25) is 14.2 Å². The number of hydrogen-bond donors (Lipinski definition) is 4. The van der Waals surface area contributed by atoms with Crippen molar-refractivity contribution in [2.45, 2.75) is 89.7 Å². The quantitative estimate of drug-likeness (QED) is 0.232. The van der Waals surface area contributed by atoms with Crippen molar-refractivity contribution < 1.29 is 42.9 Å². The molecule has 1 heterocycles. The lowest BCUT2D eigenvalue weighted by atomic mass is 9.84. The maximum Gasteiger partial charge on any atom is 0.405 e. The summed E-state index contributed by atoms with van der Waals surface area (Å²) in [7, 11) is -4.11. The molecule has 0 spiro atoms. The van der Waals surface area contributed by atoms with E-state index in [1.54, 1.807) is 18.7 Å². The minimum atomic E-state index is -4.11. The number of anilines is 1. The van der Waals surface area contributed by atoms with Gasteiger partial charge in [-0.25, -0.2) is 4.79 Å². The molecule has 0 saturated heterocycles. The van der Waals surface area contributed by atoms with Crippen LogP contribution in [0.3, 0.4) is 0 Å². The van der Waals surface area contributed by atoms with Gasteiger partial charge in [0.2, 0.25) is 11.8 Å². The number of carbonyl (C=O) groups excluding carboxylic acids is 2. The Kier molecular flexibility index (Phi) is 13.1. The number of ether oxygens (including phenoxy) is 1. The number of aliphatic hydroxyl groups excluding tert-OH is 1. The van der Waals surface area contributed by atoms with E-state index in [1.165, 1.54) is 0 Å². The largest absolute Gasteiger partial charge is 0.465 e. The molecule has 1 unspecified atom stereocenters. The molecule has 1 aromatic rings. The van der Waals surface area contributed by atoms with Crippen molar-refractivity contribution in [2.75, 3.05) is 31.3 Å². The molecule has 3 rings (SSSR count). The van der Waals surface area contributed by atoms with Crippen LogP contribution in [0.4, 0.5) is 10.5 Å². The third kappa shape index (κ3) is 9.51. The summed E-state index contributed by atoms with van der Waals surface area (Å²) in [5, 5.41) is 25.6. The summed E-state index contributed by atoms with van der Waals surface area (Å²) in [4.78, 5) is 40.0. The van der Waals surface area contributed by atoms with E-state index in [4.69, 9.17) is 13.8 Å². The molecule has 1 saturated carbocycles. The molecule has 4 N–H and O–H groups in total. The maximum atomic E-state index is 13.5. The molecular weight excluding hydrogens is 553 g/mol. The van der Waals surface area contributed by atoms with Gasteiger partial charge in [-0.1, -0.05) is 50.3 Å². The molecule has 41 heavy (non-hydrogen) atoms. The minimum Gasteiger partial charge on any atom is -0.465 e. The molecular formula is C28H44N3O9P. The van der Waals surface area contributed by atoms with Crippen LogP contribution >= 0.6 is 7.60 Å². The third-order valence-corrected chi connectivity index (χ3v) is 9.75. The number of benzene rings is 1. The van der Waals surface area contributed by atoms with E-state index in [0.29, 0.717) is 26.2 Å². The number of carbonyl (C=O) groups is 3. The Morgan fingerprint density at radius 3 is 2.44 bits per heavy atom. The highest BCUT2D eigenvalue weighted by Crippen LogP contribution is 2.53. The lowest BCUT2D eigenvalue weighted by Crippen LogP contribution is -2.53. The highest BCUT2D eigenvalue weighted by atomic mass is 31.2. The van der Waals surface area contributed by atoms with Gasteiger partial charge in [0.15, 0.2) is 5.85 Å². The Morgan fingerprint density at radius 1 is 1.10 bits per heavy atom. The van der Waals surface area contributed by atoms with Crippen LogP contribution < -0.4 is 15.5 Å². The van der Waals surface area contributed by atoms with Gasteiger partial charge in [0.25, 0.3) is 0 Å². The van der Waals surface area contributed by atoms with E-state index >= 15 is 0 Å². The second kappa shape index (κ2) is 16.2. The first-order valence-corrected chi connectivity index (χ1v) is 16.1. The van der Waals surface area contributed by atoms with Gasteiger partial charge in [0.05, 0.1) is 32.5 Å². The zero-order valence-electron chi connectivity index (χ0n) is 24.0. The molecule has 0 bridgehead atoms. The lowest BCUT2D eigenvalue weighted by molar-refractivity contribution is -0.125. The molecule has 13 heteroatoms. The number of hydrogen-bond acceptors (Lipinski definition) is 8. The third-order valence-electron chi connectivity index (χ3n) is 7.51. The zero-order chi connectivity index (χ0) is 29.8. The maximum absolute atomic E-state index is 13.5. The van der Waals surface area contributed by atoms with Gasteiger partial charge in [-0.15, -0.1) is 0 Å². The summed E-state index contributed by atoms with van der Waals surface area (Å²) in [5.41, 5.74) is 1.59. The van der Waals surface area contributed by atoms with Gasteiger partial charge in [-0.05, 0) is 38.7 Å². The fraction of sp³-hybridized carbons (Fsp3) is 0.679. The zero-order valence-corrected chi connectivity index (χ0v) is 24.9. The lowest BCUT2D eigenvalue weighted by Gasteiger charge is -2.32. The Bertz CT molecular complexity index is 1060. The molecule has 230 valence electrons. The predicted molar refractivity (Wildman–Crippen MR) is 153 cm³/mol. The SMILES string of the molecule is CCOP(=O)(OCC)C(O)[C@H](CCC(=O)N1CCOCc2ccccc21)NC(=O)[C@H](CC1CCCCC1)NC(=O)O. The van der Waals surface area contributed by atoms with Crippen LogP contribution in [0, 0.1) is 5.92 Å². The van der Waals surface area contributed by atoms with Crippen molar-refractivity contribution in [1.29, 1.82) is 0 Å². The van der Waals surface area contributed by atoms with Crippen molar-refractivity contribution in [3.05, 3.63) is 29.8 Å². The van der Waals surface area contributed by atoms with Crippen molar-refractivity contribution in [2.24, 2.45) is 5.92 Å². The average molecular weight is 598 g/mol. The summed E-state index contributed by atoms with van der Waals surface area (Å²) in [5.74, 6) is -2.53. The highest BCUT2D eigenvalue weighted by Gasteiger charge is 2.42. The van der Waals surface area contributed by atoms with Gasteiger partial charge >= 0.3 is 13.7 Å². The van der Waals surface area contributed by atoms with Gasteiger partial charge in [-0.2, -0.15) is 0 Å². The predicted octanol–water partition coefficient (Wildman–Crippen LogP) is 4.01. The number of amides is 3. The second-order valence-electron chi connectivity index (χ2n) is 10.4. The van der Waals surface area contributed by atoms with Crippen LogP contribution in [0.1, 0.15) is 70.8 Å². The first kappa shape index (κ1) is 33.0. The molecule has 1 fully saturated rings. The standard InChI is InChI=1S/C28H44N3O9P/c1-3-39-41(37,40-4-2)27(34)22(29-26(33)23(30-28(35)36)18-20-10-6-5-7-11-20)14-15-25(32)31-16-17-38-19-21-12-8-9-13-24(21)31/h8-9,12-13,20,22-23,27,30,34H,3-7,10-11,14-19H2,1-2H3,(H,29,33)(H,35,36)/t22-,23-,27?/m0/s1. The second-order valence-corrected chi connectivity index (χ2v) is 12.5. The molecule has 1 aliphatic carbocycles. The van der Waals surface area contributed by atoms with Crippen LogP contribution in [-0.4, -0.2) is 72.4 Å². The van der Waals surface area contributed by atoms with Crippen LogP contribution in [-0.2, 0) is 34.5 Å². The molecule has 2 aliphatic rings. The van der Waals surface area contributed by atoms with Gasteiger partial charge in [0, 0.05) is 24.2 Å². The fourth-order valence-electron chi connectivity index (χ4n) is 5.51. The molecule has 0 aromatic heterocycles. The van der Waals surface area contributed by atoms with E-state index in [9.17, 15) is 29.2 Å². The average Bonchev–Trinajstić information content (AvgIpc) is 3.17. The summed E-state index contributed by atoms with van der Waals surface area (Å²) in [6.07, 6.45) is 3.72. The van der Waals surface area contributed by atoms with Crippen molar-refractivity contribution in [3.8, 4) is 0 Å². The minimum absolute atomic E-state index is 0.0105. The van der Waals surface area contributed by atoms with Crippen LogP contribution in [0.5, 0.6) is 0 Å². The number of fused-ring (bicyclic) bond motifs is 1. The highest BCUT2D eigenvalue weighted by molar-refractivity contribution is 7.54. The van der Waals surface area contributed by atoms with Crippen LogP contribution in [0.15, 0.2) is 24.3 Å². The number of rotatable bonds is 14. The summed E-state index contributed by atoms with van der Waals surface area (Å²) in [6, 6.07) is 5.14. The van der Waals surface area contributed by atoms with Crippen LogP contribution in [0.25, 0.3) is 0 Å².